The molecule has 0 fully saturated rings. The van der Waals surface area contributed by atoms with Crippen molar-refractivity contribution in [3.05, 3.63) is 35.1 Å². The van der Waals surface area contributed by atoms with Gasteiger partial charge in [0.1, 0.15) is 5.82 Å². The van der Waals surface area contributed by atoms with Crippen molar-refractivity contribution in [3.8, 4) is 0 Å². The molecule has 0 aromatic heterocycles. The monoisotopic (exact) mass is 183 g/mol. The van der Waals surface area contributed by atoms with Gasteiger partial charge in [-0.05, 0) is 31.5 Å². The molecule has 1 aromatic rings. The van der Waals surface area contributed by atoms with E-state index >= 15 is 0 Å². The van der Waals surface area contributed by atoms with Gasteiger partial charge in [-0.25, -0.2) is 4.39 Å². The van der Waals surface area contributed by atoms with E-state index in [0.717, 1.165) is 0 Å². The third-order valence-corrected chi connectivity index (χ3v) is 1.91. The van der Waals surface area contributed by atoms with Crippen molar-refractivity contribution in [2.75, 3.05) is 0 Å². The van der Waals surface area contributed by atoms with E-state index in [9.17, 15) is 4.39 Å². The molecule has 0 saturated carbocycles. The van der Waals surface area contributed by atoms with Crippen LogP contribution < -0.4 is 5.73 Å². The maximum atomic E-state index is 13.2. The van der Waals surface area contributed by atoms with Gasteiger partial charge < -0.3 is 10.8 Å². The molecule has 0 saturated heterocycles. The Labute approximate surface area is 77.2 Å². The third kappa shape index (κ3) is 2.26. The third-order valence-electron chi connectivity index (χ3n) is 1.91. The Bertz CT molecular complexity index is 304. The van der Waals surface area contributed by atoms with E-state index in [2.05, 4.69) is 0 Å². The second-order valence-electron chi connectivity index (χ2n) is 3.69. The number of nitrogens with two attached hydrogens (primary N) is 1. The summed E-state index contributed by atoms with van der Waals surface area (Å²) in [7, 11) is 0. The lowest BCUT2D eigenvalue weighted by atomic mass is 9.93. The molecule has 0 aliphatic carbocycles. The van der Waals surface area contributed by atoms with Crippen LogP contribution in [0.3, 0.4) is 0 Å². The molecule has 13 heavy (non-hydrogen) atoms. The van der Waals surface area contributed by atoms with Crippen molar-refractivity contribution in [3.63, 3.8) is 0 Å². The van der Waals surface area contributed by atoms with Crippen LogP contribution in [0.15, 0.2) is 18.2 Å². The fraction of sp³-hybridized carbons (Fsp3) is 0.400. The Morgan fingerprint density at radius 3 is 2.54 bits per heavy atom. The van der Waals surface area contributed by atoms with Crippen molar-refractivity contribution < 1.29 is 9.50 Å². The van der Waals surface area contributed by atoms with Crippen molar-refractivity contribution in [1.29, 1.82) is 0 Å². The minimum atomic E-state index is -0.713. The molecule has 0 unspecified atom stereocenters. The quantitative estimate of drug-likeness (QED) is 0.730. The smallest absolute Gasteiger partial charge is 0.128 e. The average Bonchev–Trinajstić information content (AvgIpc) is 2.03. The summed E-state index contributed by atoms with van der Waals surface area (Å²) in [5, 5.41) is 8.86. The second kappa shape index (κ2) is 3.44. The van der Waals surface area contributed by atoms with E-state index < -0.39 is 5.54 Å². The maximum absolute atomic E-state index is 13.2. The second-order valence-corrected chi connectivity index (χ2v) is 3.69. The summed E-state index contributed by atoms with van der Waals surface area (Å²) in [5.41, 5.74) is 6.15. The number of hydrogen-bond acceptors (Lipinski definition) is 2. The molecule has 1 rings (SSSR count). The van der Waals surface area contributed by atoms with E-state index in [1.807, 2.05) is 0 Å². The highest BCUT2D eigenvalue weighted by atomic mass is 19.1. The van der Waals surface area contributed by atoms with Crippen molar-refractivity contribution in [2.45, 2.75) is 26.0 Å². The Morgan fingerprint density at radius 1 is 1.46 bits per heavy atom. The summed E-state index contributed by atoms with van der Waals surface area (Å²) in [5.74, 6) is -0.329. The van der Waals surface area contributed by atoms with Crippen LogP contribution >= 0.6 is 0 Å². The van der Waals surface area contributed by atoms with Crippen LogP contribution in [-0.4, -0.2) is 5.11 Å². The van der Waals surface area contributed by atoms with Crippen LogP contribution in [0, 0.1) is 5.82 Å². The molecule has 0 spiro atoms. The molecule has 0 atom stereocenters. The first-order valence-electron chi connectivity index (χ1n) is 4.14. The highest BCUT2D eigenvalue weighted by Crippen LogP contribution is 2.21. The molecule has 1 aromatic carbocycles. The van der Waals surface area contributed by atoms with Gasteiger partial charge in [0.05, 0.1) is 6.61 Å². The molecule has 2 nitrogen and oxygen atoms in total. The SMILES string of the molecule is CC(C)(N)c1cc(CO)ccc1F. The lowest BCUT2D eigenvalue weighted by Gasteiger charge is -2.20. The Kier molecular flexibility index (Phi) is 2.68. The van der Waals surface area contributed by atoms with Crippen molar-refractivity contribution >= 4 is 0 Å². The van der Waals surface area contributed by atoms with E-state index in [1.165, 1.54) is 6.07 Å². The van der Waals surface area contributed by atoms with Gasteiger partial charge in [0.15, 0.2) is 0 Å². The van der Waals surface area contributed by atoms with Gasteiger partial charge in [0, 0.05) is 11.1 Å². The summed E-state index contributed by atoms with van der Waals surface area (Å²) in [6, 6.07) is 4.47. The van der Waals surface area contributed by atoms with E-state index in [0.29, 0.717) is 11.1 Å². The Hall–Kier alpha value is -0.930. The average molecular weight is 183 g/mol. The van der Waals surface area contributed by atoms with E-state index in [-0.39, 0.29) is 12.4 Å². The number of benzene rings is 1. The maximum Gasteiger partial charge on any atom is 0.128 e. The molecule has 72 valence electrons. The highest BCUT2D eigenvalue weighted by molar-refractivity contribution is 5.29. The number of aliphatic hydroxyl groups excluding tert-OH is 1. The highest BCUT2D eigenvalue weighted by Gasteiger charge is 2.18. The molecule has 0 heterocycles. The normalized spacial score (nSPS) is 11.8. The fourth-order valence-electron chi connectivity index (χ4n) is 1.16. The molecule has 3 N–H and O–H groups in total. The summed E-state index contributed by atoms with van der Waals surface area (Å²) in [6.45, 7) is 3.36. The molecular weight excluding hydrogens is 169 g/mol. The van der Waals surface area contributed by atoms with Gasteiger partial charge in [-0.15, -0.1) is 0 Å². The first-order valence-corrected chi connectivity index (χ1v) is 4.14. The van der Waals surface area contributed by atoms with Gasteiger partial charge in [0.25, 0.3) is 0 Å². The van der Waals surface area contributed by atoms with Crippen LogP contribution in [0.1, 0.15) is 25.0 Å². The van der Waals surface area contributed by atoms with E-state index in [1.54, 1.807) is 26.0 Å². The Morgan fingerprint density at radius 2 is 2.08 bits per heavy atom. The molecule has 0 bridgehead atoms. The number of hydrogen-bond donors (Lipinski definition) is 2. The lowest BCUT2D eigenvalue weighted by Crippen LogP contribution is -2.30. The topological polar surface area (TPSA) is 46.2 Å². The predicted molar refractivity (Wildman–Crippen MR) is 49.5 cm³/mol. The van der Waals surface area contributed by atoms with Crippen LogP contribution in [-0.2, 0) is 12.1 Å². The standard InChI is InChI=1S/C10H14FNO/c1-10(2,12)8-5-7(6-13)3-4-9(8)11/h3-5,13H,6,12H2,1-2H3. The van der Waals surface area contributed by atoms with Crippen LogP contribution in [0.2, 0.25) is 0 Å². The Balaban J connectivity index is 3.19. The van der Waals surface area contributed by atoms with Crippen LogP contribution in [0.4, 0.5) is 4.39 Å². The molecule has 0 aliphatic heterocycles. The molecule has 0 aliphatic rings. The first kappa shape index (κ1) is 10.2. The zero-order valence-electron chi connectivity index (χ0n) is 7.84. The number of aliphatic hydroxyl groups is 1. The molecule has 0 radical (unpaired) electrons. The van der Waals surface area contributed by atoms with Gasteiger partial charge in [-0.2, -0.15) is 0 Å². The van der Waals surface area contributed by atoms with Crippen LogP contribution in [0.5, 0.6) is 0 Å². The zero-order valence-corrected chi connectivity index (χ0v) is 7.84. The largest absolute Gasteiger partial charge is 0.392 e. The summed E-state index contributed by atoms with van der Waals surface area (Å²) in [4.78, 5) is 0. The molecular formula is C10H14FNO. The van der Waals surface area contributed by atoms with Crippen molar-refractivity contribution in [1.82, 2.24) is 0 Å². The van der Waals surface area contributed by atoms with E-state index in [4.69, 9.17) is 10.8 Å². The lowest BCUT2D eigenvalue weighted by molar-refractivity contribution is 0.281. The first-order chi connectivity index (χ1) is 5.95. The predicted octanol–water partition coefficient (Wildman–Crippen LogP) is 1.51. The van der Waals surface area contributed by atoms with Gasteiger partial charge in [0.2, 0.25) is 0 Å². The van der Waals surface area contributed by atoms with Gasteiger partial charge >= 0.3 is 0 Å². The summed E-state index contributed by atoms with van der Waals surface area (Å²) < 4.78 is 13.2. The van der Waals surface area contributed by atoms with Crippen LogP contribution in [0.25, 0.3) is 0 Å². The molecule has 3 heteroatoms. The summed E-state index contributed by atoms with van der Waals surface area (Å²) >= 11 is 0. The van der Waals surface area contributed by atoms with Gasteiger partial charge in [-0.1, -0.05) is 6.07 Å². The zero-order chi connectivity index (χ0) is 10.1. The number of halogens is 1. The minimum absolute atomic E-state index is 0.0939. The van der Waals surface area contributed by atoms with Crippen molar-refractivity contribution in [2.24, 2.45) is 5.73 Å². The summed E-state index contributed by atoms with van der Waals surface area (Å²) in [6.07, 6.45) is 0. The van der Waals surface area contributed by atoms with Gasteiger partial charge in [-0.3, -0.25) is 0 Å². The minimum Gasteiger partial charge on any atom is -0.392 e. The number of rotatable bonds is 2. The molecule has 0 amide bonds. The fourth-order valence-corrected chi connectivity index (χ4v) is 1.16.